The van der Waals surface area contributed by atoms with E-state index >= 15 is 0 Å². The van der Waals surface area contributed by atoms with Crippen LogP contribution in [0.25, 0.3) is 16.9 Å². The number of H-pyrrole nitrogens is 1. The second-order valence-electron chi connectivity index (χ2n) is 9.08. The number of aromatic nitrogens is 5. The summed E-state index contributed by atoms with van der Waals surface area (Å²) in [6.07, 6.45) is 7.02. The van der Waals surface area contributed by atoms with Gasteiger partial charge in [-0.25, -0.2) is 19.6 Å². The molecule has 0 aliphatic heterocycles. The third-order valence-electron chi connectivity index (χ3n) is 6.84. The van der Waals surface area contributed by atoms with E-state index in [0.717, 1.165) is 42.2 Å². The molecule has 3 rings (SSSR count). The molecule has 0 aliphatic carbocycles. The third-order valence-corrected chi connectivity index (χ3v) is 12.2. The van der Waals surface area contributed by atoms with Crippen LogP contribution in [0.2, 0.25) is 18.1 Å². The summed E-state index contributed by atoms with van der Waals surface area (Å²) in [6, 6.07) is 8.90. The lowest BCUT2D eigenvalue weighted by Gasteiger charge is -2.40. The summed E-state index contributed by atoms with van der Waals surface area (Å²) < 4.78 is 8.70. The molecule has 2 N–H and O–H groups in total. The second kappa shape index (κ2) is 11.6. The highest BCUT2D eigenvalue weighted by Gasteiger charge is 2.39. The van der Waals surface area contributed by atoms with Crippen molar-refractivity contribution in [1.82, 2.24) is 24.7 Å². The van der Waals surface area contributed by atoms with Crippen molar-refractivity contribution >= 4 is 31.1 Å². The van der Waals surface area contributed by atoms with Gasteiger partial charge < -0.3 is 9.53 Å². The number of nitrogens with one attached hydrogen (secondary N) is 1. The number of aliphatic hydroxyl groups is 1. The topological polar surface area (TPSA) is 106 Å². The van der Waals surface area contributed by atoms with Crippen LogP contribution in [0.4, 0.5) is 0 Å². The molecule has 3 aromatic heterocycles. The van der Waals surface area contributed by atoms with Gasteiger partial charge in [0.05, 0.1) is 17.9 Å². The molecule has 0 radical (unpaired) electrons. The molecule has 8 nitrogen and oxygen atoms in total. The Morgan fingerprint density at radius 3 is 2.60 bits per heavy atom. The largest absolute Gasteiger partial charge is 0.406 e. The molecular formula is C25H37N5O3SSi. The fraction of sp³-hybridized carbons (Fsp3) is 0.520. The number of pyridine rings is 1. The molecule has 1 unspecified atom stereocenters. The van der Waals surface area contributed by atoms with Crippen molar-refractivity contribution in [2.45, 2.75) is 76.4 Å². The maximum atomic E-state index is 12.6. The quantitative estimate of drug-likeness (QED) is 0.148. The van der Waals surface area contributed by atoms with Crippen LogP contribution in [0.3, 0.4) is 0 Å². The number of aliphatic hydroxyl groups excluding tert-OH is 1. The maximum Gasteiger partial charge on any atom is 0.275 e. The Bertz CT molecular complexity index is 1230. The Morgan fingerprint density at radius 1 is 1.26 bits per heavy atom. The number of allylic oxidation sites excluding steroid dienone is 1. The van der Waals surface area contributed by atoms with Crippen LogP contribution in [-0.4, -0.2) is 51.0 Å². The van der Waals surface area contributed by atoms with Gasteiger partial charge in [-0.1, -0.05) is 50.2 Å². The molecule has 190 valence electrons. The minimum Gasteiger partial charge on any atom is -0.406 e. The first-order valence-electron chi connectivity index (χ1n) is 12.2. The lowest BCUT2D eigenvalue weighted by molar-refractivity contribution is 0.0598. The lowest BCUT2D eigenvalue weighted by Crippen LogP contribution is -2.44. The molecule has 10 heteroatoms. The Balaban J connectivity index is 2.10. The number of aromatic amines is 1. The van der Waals surface area contributed by atoms with E-state index in [1.54, 1.807) is 10.9 Å². The van der Waals surface area contributed by atoms with E-state index in [1.807, 2.05) is 31.4 Å². The minimum absolute atomic E-state index is 0.0524. The van der Waals surface area contributed by atoms with Gasteiger partial charge in [0.2, 0.25) is 0 Å². The SMILES string of the molecule is CC[Si](CC)(CC)OC(C)(CC/C=C(/C)CO)c1cccc(-n2[nH]c(=O)c3cnc(SC)nc32)n1. The van der Waals surface area contributed by atoms with Crippen molar-refractivity contribution in [3.05, 3.63) is 52.1 Å². The molecule has 0 bridgehead atoms. The summed E-state index contributed by atoms with van der Waals surface area (Å²) in [6.45, 7) is 10.8. The Hall–Kier alpha value is -2.27. The third kappa shape index (κ3) is 5.94. The number of nitrogens with zero attached hydrogens (tertiary/aromatic N) is 4. The van der Waals surface area contributed by atoms with Gasteiger partial charge >= 0.3 is 0 Å². The molecule has 0 aromatic carbocycles. The number of thioether (sulfide) groups is 1. The zero-order valence-corrected chi connectivity index (χ0v) is 23.4. The number of fused-ring (bicyclic) bond motifs is 1. The van der Waals surface area contributed by atoms with Crippen molar-refractivity contribution in [2.24, 2.45) is 0 Å². The average molecular weight is 516 g/mol. The smallest absolute Gasteiger partial charge is 0.275 e. The lowest BCUT2D eigenvalue weighted by atomic mass is 9.95. The first kappa shape index (κ1) is 27.3. The molecule has 0 fully saturated rings. The monoisotopic (exact) mass is 515 g/mol. The van der Waals surface area contributed by atoms with Gasteiger partial charge in [0.15, 0.2) is 24.9 Å². The zero-order valence-electron chi connectivity index (χ0n) is 21.6. The Labute approximate surface area is 212 Å². The minimum atomic E-state index is -1.97. The van der Waals surface area contributed by atoms with E-state index in [4.69, 9.17) is 9.41 Å². The maximum absolute atomic E-state index is 12.6. The number of rotatable bonds is 12. The van der Waals surface area contributed by atoms with Crippen LogP contribution < -0.4 is 5.56 Å². The average Bonchev–Trinajstić information content (AvgIpc) is 3.22. The van der Waals surface area contributed by atoms with Crippen molar-refractivity contribution in [2.75, 3.05) is 12.9 Å². The summed E-state index contributed by atoms with van der Waals surface area (Å²) in [5, 5.41) is 13.3. The van der Waals surface area contributed by atoms with Gasteiger partial charge in [0, 0.05) is 6.20 Å². The van der Waals surface area contributed by atoms with E-state index < -0.39 is 13.9 Å². The molecule has 0 spiro atoms. The van der Waals surface area contributed by atoms with Gasteiger partial charge in [-0.15, -0.1) is 0 Å². The van der Waals surface area contributed by atoms with Crippen molar-refractivity contribution < 1.29 is 9.53 Å². The van der Waals surface area contributed by atoms with Gasteiger partial charge in [-0.3, -0.25) is 9.89 Å². The van der Waals surface area contributed by atoms with E-state index in [9.17, 15) is 9.90 Å². The molecule has 35 heavy (non-hydrogen) atoms. The van der Waals surface area contributed by atoms with Crippen LogP contribution in [0.5, 0.6) is 0 Å². The van der Waals surface area contributed by atoms with Crippen LogP contribution in [0.1, 0.15) is 53.2 Å². The van der Waals surface area contributed by atoms with Crippen LogP contribution in [0, 0.1) is 0 Å². The predicted octanol–water partition coefficient (Wildman–Crippen LogP) is 5.18. The standard InChI is InChI=1S/C25H37N5O3SSi/c1-7-35(8-2,9-3)33-25(5,15-11-12-18(4)17-31)20-13-10-14-21(27-20)30-22-19(23(32)29-30)16-26-24(28-22)34-6/h10,12-14,16,31H,7-9,11,15,17H2,1-6H3,(H,29,32)/b18-12-. The molecular weight excluding hydrogens is 478 g/mol. The normalized spacial score (nSPS) is 14.4. The highest BCUT2D eigenvalue weighted by atomic mass is 32.2. The molecule has 0 aliphatic rings. The summed E-state index contributed by atoms with van der Waals surface area (Å²) in [7, 11) is -1.97. The van der Waals surface area contributed by atoms with E-state index in [2.05, 4.69) is 48.8 Å². The van der Waals surface area contributed by atoms with Gasteiger partial charge in [0.25, 0.3) is 5.56 Å². The second-order valence-corrected chi connectivity index (χ2v) is 14.5. The fourth-order valence-electron chi connectivity index (χ4n) is 4.34. The highest BCUT2D eigenvalue weighted by molar-refractivity contribution is 7.98. The summed E-state index contributed by atoms with van der Waals surface area (Å²) in [4.78, 5) is 26.3. The molecule has 1 atom stereocenters. The predicted molar refractivity (Wildman–Crippen MR) is 145 cm³/mol. The number of hydrogen-bond acceptors (Lipinski definition) is 7. The van der Waals surface area contributed by atoms with Crippen LogP contribution in [0.15, 0.2) is 46.0 Å². The van der Waals surface area contributed by atoms with E-state index in [-0.39, 0.29) is 12.2 Å². The molecule has 0 saturated heterocycles. The van der Waals surface area contributed by atoms with Gasteiger partial charge in [-0.05, 0) is 63.2 Å². The Morgan fingerprint density at radius 2 is 1.97 bits per heavy atom. The van der Waals surface area contributed by atoms with Gasteiger partial charge in [-0.2, -0.15) is 0 Å². The van der Waals surface area contributed by atoms with Crippen molar-refractivity contribution in [3.63, 3.8) is 0 Å². The first-order chi connectivity index (χ1) is 16.7. The summed E-state index contributed by atoms with van der Waals surface area (Å²) >= 11 is 1.42. The molecule has 3 heterocycles. The van der Waals surface area contributed by atoms with Crippen molar-refractivity contribution in [1.29, 1.82) is 0 Å². The summed E-state index contributed by atoms with van der Waals surface area (Å²) in [5.41, 5.74) is 1.40. The first-order valence-corrected chi connectivity index (χ1v) is 16.0. The van der Waals surface area contributed by atoms with Crippen LogP contribution in [-0.2, 0) is 10.0 Å². The molecule has 0 saturated carbocycles. The van der Waals surface area contributed by atoms with E-state index in [0.29, 0.717) is 22.0 Å². The Kier molecular flexibility index (Phi) is 9.09. The highest BCUT2D eigenvalue weighted by Crippen LogP contribution is 2.37. The van der Waals surface area contributed by atoms with E-state index in [1.165, 1.54) is 11.8 Å². The fourth-order valence-corrected chi connectivity index (χ4v) is 7.77. The summed E-state index contributed by atoms with van der Waals surface area (Å²) in [5.74, 6) is 0.578. The molecule has 0 amide bonds. The zero-order chi connectivity index (χ0) is 25.6. The molecule has 3 aromatic rings. The van der Waals surface area contributed by atoms with Crippen molar-refractivity contribution in [3.8, 4) is 5.82 Å². The van der Waals surface area contributed by atoms with Crippen LogP contribution >= 0.6 is 11.8 Å². The number of hydrogen-bond donors (Lipinski definition) is 2. The van der Waals surface area contributed by atoms with Gasteiger partial charge in [0.1, 0.15) is 5.39 Å².